The fraction of sp³-hybridized carbons (Fsp3) is 0.467. The van der Waals surface area contributed by atoms with Gasteiger partial charge in [0, 0.05) is 25.0 Å². The molecule has 0 atom stereocenters. The molecule has 0 saturated carbocycles. The molecule has 6 heteroatoms. The first-order valence-electron chi connectivity index (χ1n) is 6.95. The maximum Gasteiger partial charge on any atom is 0.319 e. The number of urea groups is 1. The summed E-state index contributed by atoms with van der Waals surface area (Å²) in [6.45, 7) is 4.83. The van der Waals surface area contributed by atoms with Crippen LogP contribution in [0.3, 0.4) is 0 Å². The van der Waals surface area contributed by atoms with Gasteiger partial charge in [0.25, 0.3) is 0 Å². The molecule has 0 bridgehead atoms. The van der Waals surface area contributed by atoms with E-state index in [4.69, 9.17) is 4.74 Å². The number of anilines is 2. The van der Waals surface area contributed by atoms with Crippen LogP contribution in [0.4, 0.5) is 16.2 Å². The molecule has 0 aliphatic heterocycles. The molecule has 3 amide bonds. The summed E-state index contributed by atoms with van der Waals surface area (Å²) in [4.78, 5) is 23.1. The molecule has 0 heterocycles. The van der Waals surface area contributed by atoms with Gasteiger partial charge in [0.1, 0.15) is 6.61 Å². The molecule has 0 radical (unpaired) electrons. The predicted molar refractivity (Wildman–Crippen MR) is 83.4 cm³/mol. The number of carbonyl (C=O) groups excluding carboxylic acids is 2. The van der Waals surface area contributed by atoms with Crippen LogP contribution < -0.4 is 16.0 Å². The number of ether oxygens (including phenoxy) is 1. The van der Waals surface area contributed by atoms with Crippen LogP contribution in [-0.4, -0.2) is 32.2 Å². The first kappa shape index (κ1) is 17.0. The van der Waals surface area contributed by atoms with E-state index in [0.29, 0.717) is 23.8 Å². The monoisotopic (exact) mass is 293 g/mol. The van der Waals surface area contributed by atoms with Crippen LogP contribution in [-0.2, 0) is 9.53 Å². The van der Waals surface area contributed by atoms with Gasteiger partial charge in [-0.25, -0.2) is 4.79 Å². The van der Waals surface area contributed by atoms with Crippen molar-refractivity contribution in [2.75, 3.05) is 30.9 Å². The lowest BCUT2D eigenvalue weighted by atomic mass is 10.1. The van der Waals surface area contributed by atoms with Crippen LogP contribution >= 0.6 is 0 Å². The Morgan fingerprint density at radius 3 is 2.48 bits per heavy atom. The Balaban J connectivity index is 2.48. The minimum Gasteiger partial charge on any atom is -0.375 e. The highest BCUT2D eigenvalue weighted by Gasteiger charge is 2.05. The highest BCUT2D eigenvalue weighted by Crippen LogP contribution is 2.14. The normalized spacial score (nSPS) is 10.3. The van der Waals surface area contributed by atoms with E-state index in [0.717, 1.165) is 6.42 Å². The highest BCUT2D eigenvalue weighted by atomic mass is 16.5. The third-order valence-corrected chi connectivity index (χ3v) is 2.69. The first-order chi connectivity index (χ1) is 10.0. The third-order valence-electron chi connectivity index (χ3n) is 2.69. The molecular formula is C15H23N3O3. The van der Waals surface area contributed by atoms with Crippen LogP contribution in [0.25, 0.3) is 0 Å². The molecule has 3 N–H and O–H groups in total. The minimum atomic E-state index is -0.254. The lowest BCUT2D eigenvalue weighted by molar-refractivity contribution is -0.119. The Bertz CT molecular complexity index is 475. The number of carbonyl (C=O) groups is 2. The number of methoxy groups -OCH3 is 1. The number of nitrogens with one attached hydrogen (secondary N) is 3. The maximum atomic E-state index is 11.7. The molecule has 0 aliphatic carbocycles. The van der Waals surface area contributed by atoms with Gasteiger partial charge in [-0.15, -0.1) is 0 Å². The second-order valence-electron chi connectivity index (χ2n) is 5.13. The van der Waals surface area contributed by atoms with E-state index in [1.165, 1.54) is 7.11 Å². The van der Waals surface area contributed by atoms with Gasteiger partial charge in [0.05, 0.1) is 0 Å². The van der Waals surface area contributed by atoms with Gasteiger partial charge in [-0.05, 0) is 30.5 Å². The van der Waals surface area contributed by atoms with E-state index in [9.17, 15) is 9.59 Å². The zero-order valence-electron chi connectivity index (χ0n) is 12.7. The molecule has 21 heavy (non-hydrogen) atoms. The van der Waals surface area contributed by atoms with E-state index in [2.05, 4.69) is 29.8 Å². The van der Waals surface area contributed by atoms with Crippen LogP contribution in [0.5, 0.6) is 0 Å². The van der Waals surface area contributed by atoms with Gasteiger partial charge in [-0.3, -0.25) is 4.79 Å². The molecule has 1 aromatic rings. The van der Waals surface area contributed by atoms with E-state index < -0.39 is 0 Å². The molecule has 0 spiro atoms. The van der Waals surface area contributed by atoms with Crippen LogP contribution in [0.2, 0.25) is 0 Å². The van der Waals surface area contributed by atoms with Crippen molar-refractivity contribution in [3.05, 3.63) is 24.3 Å². The fourth-order valence-corrected chi connectivity index (χ4v) is 1.65. The molecule has 116 valence electrons. The van der Waals surface area contributed by atoms with Crippen LogP contribution in [0.15, 0.2) is 24.3 Å². The molecule has 6 nitrogen and oxygen atoms in total. The van der Waals surface area contributed by atoms with Crippen molar-refractivity contribution in [3.63, 3.8) is 0 Å². The summed E-state index contributed by atoms with van der Waals surface area (Å²) >= 11 is 0. The quantitative estimate of drug-likeness (QED) is 0.722. The van der Waals surface area contributed by atoms with Crippen molar-refractivity contribution < 1.29 is 14.3 Å². The number of benzene rings is 1. The fourth-order valence-electron chi connectivity index (χ4n) is 1.65. The summed E-state index contributed by atoms with van der Waals surface area (Å²) in [5.74, 6) is 0.306. The van der Waals surface area contributed by atoms with E-state index in [-0.39, 0.29) is 18.5 Å². The van der Waals surface area contributed by atoms with Crippen molar-refractivity contribution >= 4 is 23.3 Å². The molecule has 0 saturated heterocycles. The van der Waals surface area contributed by atoms with Crippen molar-refractivity contribution in [2.45, 2.75) is 20.3 Å². The summed E-state index contributed by atoms with van der Waals surface area (Å²) in [6, 6.07) is 6.70. The third kappa shape index (κ3) is 7.31. The lowest BCUT2D eigenvalue weighted by Crippen LogP contribution is -2.30. The van der Waals surface area contributed by atoms with Gasteiger partial charge < -0.3 is 20.7 Å². The molecule has 1 aromatic carbocycles. The van der Waals surface area contributed by atoms with Crippen molar-refractivity contribution in [1.29, 1.82) is 0 Å². The van der Waals surface area contributed by atoms with Crippen LogP contribution in [0.1, 0.15) is 20.3 Å². The van der Waals surface area contributed by atoms with Gasteiger partial charge in [-0.1, -0.05) is 19.9 Å². The maximum absolute atomic E-state index is 11.7. The Kier molecular flexibility index (Phi) is 7.25. The Morgan fingerprint density at radius 1 is 1.19 bits per heavy atom. The summed E-state index contributed by atoms with van der Waals surface area (Å²) in [6.07, 6.45) is 0.931. The van der Waals surface area contributed by atoms with E-state index >= 15 is 0 Å². The smallest absolute Gasteiger partial charge is 0.319 e. The standard InChI is InChI=1S/C15H23N3O3/c1-11(2)7-8-16-15(20)18-13-6-4-5-12(9-13)17-14(19)10-21-3/h4-6,9,11H,7-8,10H2,1-3H3,(H,17,19)(H2,16,18,20). The molecular weight excluding hydrogens is 270 g/mol. The zero-order chi connectivity index (χ0) is 15.7. The Morgan fingerprint density at radius 2 is 1.86 bits per heavy atom. The average molecular weight is 293 g/mol. The van der Waals surface area contributed by atoms with E-state index in [1.54, 1.807) is 24.3 Å². The molecule has 0 unspecified atom stereocenters. The van der Waals surface area contributed by atoms with Crippen molar-refractivity contribution in [2.24, 2.45) is 5.92 Å². The number of amides is 3. The summed E-state index contributed by atoms with van der Waals surface area (Å²) in [5.41, 5.74) is 1.23. The second kappa shape index (κ2) is 8.97. The highest BCUT2D eigenvalue weighted by molar-refractivity contribution is 5.94. The first-order valence-corrected chi connectivity index (χ1v) is 6.95. The van der Waals surface area contributed by atoms with Crippen LogP contribution in [0, 0.1) is 5.92 Å². The Hall–Kier alpha value is -2.08. The van der Waals surface area contributed by atoms with Gasteiger partial charge in [0.15, 0.2) is 0 Å². The number of hydrogen-bond acceptors (Lipinski definition) is 3. The summed E-state index contributed by atoms with van der Waals surface area (Å²) in [7, 11) is 1.46. The average Bonchev–Trinajstić information content (AvgIpc) is 2.38. The SMILES string of the molecule is COCC(=O)Nc1cccc(NC(=O)NCCC(C)C)c1. The van der Waals surface area contributed by atoms with Gasteiger partial charge >= 0.3 is 6.03 Å². The van der Waals surface area contributed by atoms with Crippen molar-refractivity contribution in [1.82, 2.24) is 5.32 Å². The summed E-state index contributed by atoms with van der Waals surface area (Å²) < 4.78 is 4.74. The minimum absolute atomic E-state index is 0.00660. The van der Waals surface area contributed by atoms with E-state index in [1.807, 2.05) is 0 Å². The zero-order valence-corrected chi connectivity index (χ0v) is 12.7. The van der Waals surface area contributed by atoms with Crippen molar-refractivity contribution in [3.8, 4) is 0 Å². The molecule has 0 aliphatic rings. The largest absolute Gasteiger partial charge is 0.375 e. The molecule has 0 aromatic heterocycles. The van der Waals surface area contributed by atoms with Gasteiger partial charge in [-0.2, -0.15) is 0 Å². The molecule has 0 fully saturated rings. The number of hydrogen-bond donors (Lipinski definition) is 3. The second-order valence-corrected chi connectivity index (χ2v) is 5.13. The number of rotatable bonds is 7. The lowest BCUT2D eigenvalue weighted by Gasteiger charge is -2.10. The summed E-state index contributed by atoms with van der Waals surface area (Å²) in [5, 5.41) is 8.19. The predicted octanol–water partition coefficient (Wildman–Crippen LogP) is 2.44. The van der Waals surface area contributed by atoms with Gasteiger partial charge in [0.2, 0.25) is 5.91 Å². The Labute approximate surface area is 125 Å². The molecule has 1 rings (SSSR count). The topological polar surface area (TPSA) is 79.5 Å².